The van der Waals surface area contributed by atoms with Crippen LogP contribution >= 0.6 is 11.6 Å². The van der Waals surface area contributed by atoms with Crippen LogP contribution in [0.5, 0.6) is 0 Å². The topological polar surface area (TPSA) is 109 Å². The number of halogens is 1. The molecular weight excluding hydrogens is 400 g/mol. The summed E-state index contributed by atoms with van der Waals surface area (Å²) in [7, 11) is -7.81. The largest absolute Gasteiger partial charge is 0.280 e. The highest BCUT2D eigenvalue weighted by Gasteiger charge is 2.20. The minimum absolute atomic E-state index is 0.0729. The number of anilines is 1. The van der Waals surface area contributed by atoms with E-state index in [2.05, 4.69) is 4.72 Å². The number of aryl methyl sites for hydroxylation is 2. The van der Waals surface area contributed by atoms with Crippen LogP contribution in [0.3, 0.4) is 0 Å². The fraction of sp³-hybridized carbons (Fsp3) is 0.188. The molecule has 0 fully saturated rings. The van der Waals surface area contributed by atoms with E-state index in [-0.39, 0.29) is 15.5 Å². The Bertz CT molecular complexity index is 1080. The minimum Gasteiger partial charge on any atom is -0.280 e. The van der Waals surface area contributed by atoms with Crippen LogP contribution in [-0.4, -0.2) is 29.0 Å². The van der Waals surface area contributed by atoms with Crippen molar-refractivity contribution in [2.45, 2.75) is 18.7 Å². The number of rotatable bonds is 5. The van der Waals surface area contributed by atoms with Crippen LogP contribution in [0.4, 0.5) is 5.69 Å². The summed E-state index contributed by atoms with van der Waals surface area (Å²) in [5.41, 5.74) is 2.03. The Morgan fingerprint density at radius 3 is 2.19 bits per heavy atom. The second kappa shape index (κ2) is 7.26. The lowest BCUT2D eigenvalue weighted by molar-refractivity contribution is 0.0981. The number of sulfonamides is 2. The van der Waals surface area contributed by atoms with Crippen molar-refractivity contribution >= 4 is 43.2 Å². The molecule has 2 N–H and O–H groups in total. The molecule has 0 bridgehead atoms. The van der Waals surface area contributed by atoms with Crippen molar-refractivity contribution in [1.82, 2.24) is 4.72 Å². The smallest absolute Gasteiger partial charge is 0.266 e. The summed E-state index contributed by atoms with van der Waals surface area (Å²) < 4.78 is 51.7. The summed E-state index contributed by atoms with van der Waals surface area (Å²) in [5, 5.41) is -0.0729. The highest BCUT2D eigenvalue weighted by atomic mass is 35.5. The lowest BCUT2D eigenvalue weighted by atomic mass is 10.1. The van der Waals surface area contributed by atoms with Crippen LogP contribution in [-0.2, 0) is 20.0 Å². The van der Waals surface area contributed by atoms with Gasteiger partial charge in [0, 0.05) is 5.69 Å². The summed E-state index contributed by atoms with van der Waals surface area (Å²) in [5.74, 6) is -1.01. The fourth-order valence-electron chi connectivity index (χ4n) is 2.09. The molecule has 140 valence electrons. The molecule has 7 nitrogen and oxygen atoms in total. The van der Waals surface area contributed by atoms with Gasteiger partial charge in [-0.05, 0) is 55.3 Å². The van der Waals surface area contributed by atoms with Gasteiger partial charge in [-0.3, -0.25) is 9.52 Å². The number of hydrogen-bond acceptors (Lipinski definition) is 5. The van der Waals surface area contributed by atoms with Crippen molar-refractivity contribution in [2.24, 2.45) is 0 Å². The third kappa shape index (κ3) is 4.96. The van der Waals surface area contributed by atoms with Gasteiger partial charge in [-0.1, -0.05) is 17.7 Å². The highest BCUT2D eigenvalue weighted by Crippen LogP contribution is 2.23. The normalized spacial score (nSPS) is 11.8. The van der Waals surface area contributed by atoms with E-state index in [1.807, 2.05) is 13.8 Å². The summed E-state index contributed by atoms with van der Waals surface area (Å²) in [6, 6.07) is 8.54. The number of amides is 1. The van der Waals surface area contributed by atoms with Gasteiger partial charge in [0.1, 0.15) is 0 Å². The Morgan fingerprint density at radius 1 is 0.962 bits per heavy atom. The molecule has 2 aromatic carbocycles. The van der Waals surface area contributed by atoms with Crippen molar-refractivity contribution in [2.75, 3.05) is 11.0 Å². The Balaban J connectivity index is 2.39. The van der Waals surface area contributed by atoms with Gasteiger partial charge < -0.3 is 0 Å². The van der Waals surface area contributed by atoms with E-state index in [4.69, 9.17) is 11.6 Å². The second-order valence-corrected chi connectivity index (χ2v) is 9.59. The molecule has 0 unspecified atom stereocenters. The predicted molar refractivity (Wildman–Crippen MR) is 100 cm³/mol. The number of hydrogen-bond donors (Lipinski definition) is 2. The van der Waals surface area contributed by atoms with Crippen LogP contribution in [0.15, 0.2) is 41.3 Å². The van der Waals surface area contributed by atoms with Crippen LogP contribution in [0.1, 0.15) is 21.5 Å². The van der Waals surface area contributed by atoms with Crippen LogP contribution in [0, 0.1) is 13.8 Å². The van der Waals surface area contributed by atoms with Gasteiger partial charge in [0.15, 0.2) is 0 Å². The van der Waals surface area contributed by atoms with Crippen molar-refractivity contribution in [3.63, 3.8) is 0 Å². The maximum absolute atomic E-state index is 12.6. The van der Waals surface area contributed by atoms with Crippen LogP contribution < -0.4 is 9.44 Å². The molecule has 0 aliphatic heterocycles. The zero-order valence-corrected chi connectivity index (χ0v) is 16.6. The number of carbonyl (C=O) groups excluding carboxylic acids is 1. The first-order valence-electron chi connectivity index (χ1n) is 7.31. The van der Waals surface area contributed by atoms with E-state index >= 15 is 0 Å². The monoisotopic (exact) mass is 416 g/mol. The van der Waals surface area contributed by atoms with Gasteiger partial charge in [0.2, 0.25) is 10.0 Å². The van der Waals surface area contributed by atoms with Crippen molar-refractivity contribution < 1.29 is 21.6 Å². The van der Waals surface area contributed by atoms with E-state index in [9.17, 15) is 21.6 Å². The summed E-state index contributed by atoms with van der Waals surface area (Å²) in [6.07, 6.45) is 0.806. The third-order valence-corrected chi connectivity index (χ3v) is 5.79. The van der Waals surface area contributed by atoms with E-state index in [0.29, 0.717) is 5.69 Å². The van der Waals surface area contributed by atoms with Gasteiger partial charge in [-0.15, -0.1) is 0 Å². The fourth-order valence-corrected chi connectivity index (χ4v) is 3.81. The van der Waals surface area contributed by atoms with Crippen LogP contribution in [0.2, 0.25) is 5.02 Å². The van der Waals surface area contributed by atoms with Crippen molar-refractivity contribution in [3.8, 4) is 0 Å². The quantitative estimate of drug-likeness (QED) is 0.777. The molecule has 0 aliphatic rings. The second-order valence-electron chi connectivity index (χ2n) is 5.75. The molecule has 0 aliphatic carbocycles. The maximum atomic E-state index is 12.6. The SMILES string of the molecule is Cc1ccc(NS(=O)(=O)c2ccc(Cl)c(C(=O)NS(C)(=O)=O)c2)cc1C. The molecule has 0 atom stereocenters. The molecule has 0 heterocycles. The summed E-state index contributed by atoms with van der Waals surface area (Å²) in [4.78, 5) is 11.8. The number of nitrogens with one attached hydrogen (secondary N) is 2. The van der Waals surface area contributed by atoms with E-state index in [0.717, 1.165) is 23.4 Å². The molecule has 0 aromatic heterocycles. The van der Waals surface area contributed by atoms with E-state index < -0.39 is 26.0 Å². The van der Waals surface area contributed by atoms with Gasteiger partial charge in [0.05, 0.1) is 21.7 Å². The van der Waals surface area contributed by atoms with Crippen LogP contribution in [0.25, 0.3) is 0 Å². The molecule has 26 heavy (non-hydrogen) atoms. The Morgan fingerprint density at radius 2 is 1.62 bits per heavy atom. The first kappa shape index (κ1) is 20.2. The molecular formula is C16H17ClN2O5S2. The summed E-state index contributed by atoms with van der Waals surface area (Å²) in [6.45, 7) is 3.75. The lowest BCUT2D eigenvalue weighted by Crippen LogP contribution is -2.29. The zero-order chi connectivity index (χ0) is 19.7. The molecule has 0 saturated carbocycles. The Kier molecular flexibility index (Phi) is 5.64. The number of carbonyl (C=O) groups is 1. The molecule has 0 spiro atoms. The molecule has 1 amide bonds. The average Bonchev–Trinajstić information content (AvgIpc) is 2.49. The van der Waals surface area contributed by atoms with Gasteiger partial charge >= 0.3 is 0 Å². The minimum atomic E-state index is -4.00. The van der Waals surface area contributed by atoms with Gasteiger partial charge in [-0.25, -0.2) is 21.6 Å². The average molecular weight is 417 g/mol. The first-order valence-corrected chi connectivity index (χ1v) is 11.1. The first-order chi connectivity index (χ1) is 11.9. The molecule has 10 heteroatoms. The Labute approximate surface area is 157 Å². The lowest BCUT2D eigenvalue weighted by Gasteiger charge is -2.11. The zero-order valence-electron chi connectivity index (χ0n) is 14.2. The van der Waals surface area contributed by atoms with Gasteiger partial charge in [0.25, 0.3) is 15.9 Å². The predicted octanol–water partition coefficient (Wildman–Crippen LogP) is 2.45. The molecule has 0 radical (unpaired) electrons. The Hall–Kier alpha value is -2.10. The standard InChI is InChI=1S/C16H17ClN2O5S2/c1-10-4-5-12(8-11(10)2)18-26(23,24)13-6-7-15(17)14(9-13)16(20)19-25(3,21)22/h4-9,18H,1-3H3,(H,19,20). The molecule has 2 aromatic rings. The van der Waals surface area contributed by atoms with Gasteiger partial charge in [-0.2, -0.15) is 0 Å². The molecule has 0 saturated heterocycles. The van der Waals surface area contributed by atoms with Crippen molar-refractivity contribution in [3.05, 3.63) is 58.1 Å². The number of benzene rings is 2. The van der Waals surface area contributed by atoms with Crippen molar-refractivity contribution in [1.29, 1.82) is 0 Å². The van der Waals surface area contributed by atoms with E-state index in [1.165, 1.54) is 12.1 Å². The highest BCUT2D eigenvalue weighted by molar-refractivity contribution is 7.92. The van der Waals surface area contributed by atoms with E-state index in [1.54, 1.807) is 22.9 Å². The maximum Gasteiger partial charge on any atom is 0.266 e. The third-order valence-electron chi connectivity index (χ3n) is 3.53. The molecule has 2 rings (SSSR count). The summed E-state index contributed by atoms with van der Waals surface area (Å²) >= 11 is 5.90.